The highest BCUT2D eigenvalue weighted by Gasteiger charge is 2.41. The molecule has 1 atom stereocenters. The molecule has 3 nitrogen and oxygen atoms in total. The van der Waals surface area contributed by atoms with E-state index < -0.39 is 12.2 Å². The summed E-state index contributed by atoms with van der Waals surface area (Å²) >= 11 is 0. The lowest BCUT2D eigenvalue weighted by molar-refractivity contribution is -0.144. The summed E-state index contributed by atoms with van der Waals surface area (Å²) in [5.74, 6) is 0.198. The predicted molar refractivity (Wildman–Crippen MR) is 62.1 cm³/mol. The fourth-order valence-electron chi connectivity index (χ4n) is 1.64. The molecule has 0 spiro atoms. The van der Waals surface area contributed by atoms with Crippen molar-refractivity contribution in [1.82, 2.24) is 9.78 Å². The van der Waals surface area contributed by atoms with Crippen LogP contribution >= 0.6 is 0 Å². The molecule has 0 aliphatic heterocycles. The highest BCUT2D eigenvalue weighted by atomic mass is 19.4. The second kappa shape index (κ2) is 4.72. The average molecular weight is 255 g/mol. The van der Waals surface area contributed by atoms with Gasteiger partial charge in [-0.15, -0.1) is 0 Å². The molecule has 0 aliphatic carbocycles. The van der Waals surface area contributed by atoms with Crippen LogP contribution in [0.5, 0.6) is 0 Å². The van der Waals surface area contributed by atoms with E-state index in [0.29, 0.717) is 0 Å². The van der Waals surface area contributed by atoms with Crippen LogP contribution in [0.4, 0.5) is 19.0 Å². The molecule has 6 heteroatoms. The number of nitrogens with one attached hydrogen (secondary N) is 1. The number of hydrogen-bond donors (Lipinski definition) is 1. The first-order chi connectivity index (χ1) is 8.47. The number of alkyl halides is 3. The Labute approximate surface area is 102 Å². The van der Waals surface area contributed by atoms with Crippen molar-refractivity contribution in [3.05, 3.63) is 48.2 Å². The van der Waals surface area contributed by atoms with Gasteiger partial charge in [-0.1, -0.05) is 30.3 Å². The van der Waals surface area contributed by atoms with Gasteiger partial charge in [-0.05, 0) is 5.56 Å². The normalized spacial score (nSPS) is 13.3. The minimum atomic E-state index is -4.38. The van der Waals surface area contributed by atoms with Crippen LogP contribution in [0.25, 0.3) is 0 Å². The first kappa shape index (κ1) is 12.5. The number of aromatic nitrogens is 2. The predicted octanol–water partition coefficient (Wildman–Crippen LogP) is 3.14. The molecule has 1 aromatic carbocycles. The number of nitrogens with zero attached hydrogens (tertiary/aromatic N) is 2. The second-order valence-corrected chi connectivity index (χ2v) is 3.90. The maximum absolute atomic E-state index is 13.0. The molecule has 1 aromatic heterocycles. The molecule has 96 valence electrons. The van der Waals surface area contributed by atoms with Crippen molar-refractivity contribution in [2.75, 3.05) is 5.32 Å². The van der Waals surface area contributed by atoms with E-state index in [-0.39, 0.29) is 11.4 Å². The van der Waals surface area contributed by atoms with Crippen LogP contribution in [0.15, 0.2) is 42.6 Å². The minimum Gasteiger partial charge on any atom is -0.354 e. The van der Waals surface area contributed by atoms with Gasteiger partial charge in [0.1, 0.15) is 11.9 Å². The fraction of sp³-hybridized carbons (Fsp3) is 0.250. The molecule has 0 saturated carbocycles. The van der Waals surface area contributed by atoms with Crippen molar-refractivity contribution in [2.24, 2.45) is 7.05 Å². The van der Waals surface area contributed by atoms with Crippen LogP contribution in [-0.4, -0.2) is 16.0 Å². The van der Waals surface area contributed by atoms with Gasteiger partial charge in [-0.3, -0.25) is 4.68 Å². The van der Waals surface area contributed by atoms with Crippen molar-refractivity contribution in [3.8, 4) is 0 Å². The lowest BCUT2D eigenvalue weighted by atomic mass is 10.1. The van der Waals surface area contributed by atoms with Gasteiger partial charge >= 0.3 is 6.18 Å². The van der Waals surface area contributed by atoms with E-state index in [9.17, 15) is 13.2 Å². The zero-order valence-electron chi connectivity index (χ0n) is 9.65. The number of rotatable bonds is 3. The van der Waals surface area contributed by atoms with Crippen molar-refractivity contribution >= 4 is 5.82 Å². The lowest BCUT2D eigenvalue weighted by Gasteiger charge is -2.21. The summed E-state index contributed by atoms with van der Waals surface area (Å²) < 4.78 is 40.4. The standard InChI is InChI=1S/C12H12F3N3/c1-18-8-7-10(17-18)16-11(12(13,14)15)9-5-3-2-4-6-9/h2-8,11H,1H3,(H,16,17). The maximum atomic E-state index is 13.0. The third-order valence-corrected chi connectivity index (χ3v) is 2.47. The Balaban J connectivity index is 2.27. The highest BCUT2D eigenvalue weighted by molar-refractivity contribution is 5.38. The van der Waals surface area contributed by atoms with Crippen LogP contribution < -0.4 is 5.32 Å². The largest absolute Gasteiger partial charge is 0.412 e. The number of halogens is 3. The summed E-state index contributed by atoms with van der Waals surface area (Å²) in [6, 6.07) is 7.46. The minimum absolute atomic E-state index is 0.163. The van der Waals surface area contributed by atoms with Crippen LogP contribution in [-0.2, 0) is 7.05 Å². The first-order valence-corrected chi connectivity index (χ1v) is 5.34. The summed E-state index contributed by atoms with van der Waals surface area (Å²) in [4.78, 5) is 0. The number of hydrogen-bond acceptors (Lipinski definition) is 2. The average Bonchev–Trinajstić information content (AvgIpc) is 2.72. The molecule has 2 aromatic rings. The molecule has 18 heavy (non-hydrogen) atoms. The zero-order chi connectivity index (χ0) is 13.2. The van der Waals surface area contributed by atoms with E-state index in [4.69, 9.17) is 0 Å². The molecule has 0 bridgehead atoms. The molecule has 0 fully saturated rings. The van der Waals surface area contributed by atoms with Gasteiger partial charge in [0.05, 0.1) is 0 Å². The molecule has 0 radical (unpaired) electrons. The van der Waals surface area contributed by atoms with Gasteiger partial charge in [0, 0.05) is 19.3 Å². The van der Waals surface area contributed by atoms with Gasteiger partial charge in [-0.25, -0.2) is 0 Å². The van der Waals surface area contributed by atoms with E-state index in [2.05, 4.69) is 10.4 Å². The zero-order valence-corrected chi connectivity index (χ0v) is 9.65. The van der Waals surface area contributed by atoms with Crippen molar-refractivity contribution in [3.63, 3.8) is 0 Å². The van der Waals surface area contributed by atoms with Gasteiger partial charge in [0.15, 0.2) is 0 Å². The third-order valence-electron chi connectivity index (χ3n) is 2.47. The molecule has 1 unspecified atom stereocenters. The van der Waals surface area contributed by atoms with Crippen LogP contribution in [0, 0.1) is 0 Å². The van der Waals surface area contributed by atoms with E-state index in [0.717, 1.165) is 0 Å². The van der Waals surface area contributed by atoms with Crippen molar-refractivity contribution in [2.45, 2.75) is 12.2 Å². The van der Waals surface area contributed by atoms with E-state index in [1.807, 2.05) is 0 Å². The second-order valence-electron chi connectivity index (χ2n) is 3.90. The summed E-state index contributed by atoms with van der Waals surface area (Å²) in [5.41, 5.74) is 0.163. The Bertz CT molecular complexity index is 505. The van der Waals surface area contributed by atoms with Gasteiger partial charge in [-0.2, -0.15) is 18.3 Å². The van der Waals surface area contributed by atoms with Crippen LogP contribution in [0.2, 0.25) is 0 Å². The Morgan fingerprint density at radius 2 is 1.83 bits per heavy atom. The molecular formula is C12H12F3N3. The molecule has 0 aliphatic rings. The summed E-state index contributed by atoms with van der Waals surface area (Å²) in [5, 5.41) is 6.29. The SMILES string of the molecule is Cn1ccc(NC(c2ccccc2)C(F)(F)F)n1. The van der Waals surface area contributed by atoms with E-state index >= 15 is 0 Å². The summed E-state index contributed by atoms with van der Waals surface area (Å²) in [6.07, 6.45) is -2.79. The number of benzene rings is 1. The van der Waals surface area contributed by atoms with E-state index in [1.165, 1.54) is 22.9 Å². The monoisotopic (exact) mass is 255 g/mol. The molecule has 2 rings (SSSR count). The third kappa shape index (κ3) is 2.82. The van der Waals surface area contributed by atoms with Gasteiger partial charge in [0.2, 0.25) is 0 Å². The summed E-state index contributed by atoms with van der Waals surface area (Å²) in [7, 11) is 1.65. The molecule has 0 amide bonds. The van der Waals surface area contributed by atoms with Crippen LogP contribution in [0.1, 0.15) is 11.6 Å². The fourth-order valence-corrected chi connectivity index (χ4v) is 1.64. The quantitative estimate of drug-likeness (QED) is 0.913. The molecule has 1 N–H and O–H groups in total. The van der Waals surface area contributed by atoms with Crippen molar-refractivity contribution in [1.29, 1.82) is 0 Å². The lowest BCUT2D eigenvalue weighted by Crippen LogP contribution is -2.28. The smallest absolute Gasteiger partial charge is 0.354 e. The Morgan fingerprint density at radius 3 is 2.33 bits per heavy atom. The van der Waals surface area contributed by atoms with Crippen molar-refractivity contribution < 1.29 is 13.2 Å². The Morgan fingerprint density at radius 1 is 1.17 bits per heavy atom. The molecule has 0 saturated heterocycles. The van der Waals surface area contributed by atoms with Gasteiger partial charge in [0.25, 0.3) is 0 Å². The molecular weight excluding hydrogens is 243 g/mol. The van der Waals surface area contributed by atoms with Gasteiger partial charge < -0.3 is 5.32 Å². The summed E-state index contributed by atoms with van der Waals surface area (Å²) in [6.45, 7) is 0. The Kier molecular flexibility index (Phi) is 3.27. The number of anilines is 1. The van der Waals surface area contributed by atoms with E-state index in [1.54, 1.807) is 31.4 Å². The molecule has 1 heterocycles. The number of aryl methyl sites for hydroxylation is 1. The highest BCUT2D eigenvalue weighted by Crippen LogP contribution is 2.34. The first-order valence-electron chi connectivity index (χ1n) is 5.34. The maximum Gasteiger partial charge on any atom is 0.412 e. The Hall–Kier alpha value is -1.98. The van der Waals surface area contributed by atoms with Crippen LogP contribution in [0.3, 0.4) is 0 Å². The topological polar surface area (TPSA) is 29.9 Å².